The van der Waals surface area contributed by atoms with Crippen LogP contribution in [0.4, 0.5) is 18.9 Å². The summed E-state index contributed by atoms with van der Waals surface area (Å²) in [7, 11) is -4.39. The smallest absolute Gasteiger partial charge is 0.256 e. The SMILES string of the molecule is O=S(=O)(NCC1=NN(c2ccc(Cl)cc2Cl)[C@H](c2ccc(Cl)cc2)C1)c1cc(C(F)(F)F)ccc1Cl. The van der Waals surface area contributed by atoms with Gasteiger partial charge in [-0.1, -0.05) is 58.5 Å². The van der Waals surface area contributed by atoms with Crippen LogP contribution in [0.2, 0.25) is 20.1 Å². The van der Waals surface area contributed by atoms with Gasteiger partial charge in [-0.25, -0.2) is 13.1 Å². The molecule has 0 aliphatic carbocycles. The maximum Gasteiger partial charge on any atom is 0.416 e. The van der Waals surface area contributed by atoms with Crippen molar-refractivity contribution in [3.05, 3.63) is 91.9 Å². The molecular formula is C23H16Cl4F3N3O2S. The van der Waals surface area contributed by atoms with Gasteiger partial charge in [0.15, 0.2) is 0 Å². The van der Waals surface area contributed by atoms with Crippen LogP contribution < -0.4 is 9.73 Å². The van der Waals surface area contributed by atoms with Crippen molar-refractivity contribution in [1.29, 1.82) is 0 Å². The highest BCUT2D eigenvalue weighted by Gasteiger charge is 2.34. The highest BCUT2D eigenvalue weighted by atomic mass is 35.5. The van der Waals surface area contributed by atoms with E-state index in [1.54, 1.807) is 35.3 Å². The third-order valence-electron chi connectivity index (χ3n) is 5.40. The fraction of sp³-hybridized carbons (Fsp3) is 0.174. The summed E-state index contributed by atoms with van der Waals surface area (Å²) in [6, 6.07) is 13.7. The quantitative estimate of drug-likeness (QED) is 0.319. The molecule has 0 spiro atoms. The number of hydrazone groups is 1. The van der Waals surface area contributed by atoms with E-state index in [2.05, 4.69) is 9.82 Å². The minimum Gasteiger partial charge on any atom is -0.256 e. The second kappa shape index (κ2) is 10.4. The van der Waals surface area contributed by atoms with Crippen LogP contribution in [0, 0.1) is 0 Å². The van der Waals surface area contributed by atoms with E-state index in [1.165, 1.54) is 0 Å². The number of alkyl halides is 3. The largest absolute Gasteiger partial charge is 0.416 e. The van der Waals surface area contributed by atoms with E-state index < -0.39 is 26.7 Å². The lowest BCUT2D eigenvalue weighted by atomic mass is 10.0. The monoisotopic (exact) mass is 595 g/mol. The molecule has 1 aliphatic rings. The zero-order valence-electron chi connectivity index (χ0n) is 18.0. The van der Waals surface area contributed by atoms with Crippen molar-refractivity contribution in [3.8, 4) is 0 Å². The molecule has 1 N–H and O–H groups in total. The maximum absolute atomic E-state index is 13.1. The molecule has 0 saturated heterocycles. The summed E-state index contributed by atoms with van der Waals surface area (Å²) in [4.78, 5) is -0.676. The molecular weight excluding hydrogens is 581 g/mol. The molecule has 0 unspecified atom stereocenters. The number of nitrogens with zero attached hydrogens (tertiary/aromatic N) is 2. The molecule has 1 heterocycles. The van der Waals surface area contributed by atoms with Crippen molar-refractivity contribution in [1.82, 2.24) is 4.72 Å². The minimum absolute atomic E-state index is 0.263. The van der Waals surface area contributed by atoms with Crippen molar-refractivity contribution in [2.45, 2.75) is 23.5 Å². The number of sulfonamides is 1. The molecule has 0 bridgehead atoms. The molecule has 190 valence electrons. The van der Waals surface area contributed by atoms with Crippen LogP contribution in [0.3, 0.4) is 0 Å². The molecule has 0 saturated carbocycles. The molecule has 36 heavy (non-hydrogen) atoms. The molecule has 3 aromatic carbocycles. The van der Waals surface area contributed by atoms with Crippen LogP contribution >= 0.6 is 46.4 Å². The number of benzene rings is 3. The van der Waals surface area contributed by atoms with Gasteiger partial charge in [-0.15, -0.1) is 0 Å². The predicted molar refractivity (Wildman–Crippen MR) is 137 cm³/mol. The van der Waals surface area contributed by atoms with E-state index in [0.29, 0.717) is 45.0 Å². The Morgan fingerprint density at radius 1 is 0.917 bits per heavy atom. The molecule has 13 heteroatoms. The zero-order chi connectivity index (χ0) is 26.3. The highest BCUT2D eigenvalue weighted by Crippen LogP contribution is 2.40. The number of anilines is 1. The van der Waals surface area contributed by atoms with Gasteiger partial charge in [-0.2, -0.15) is 18.3 Å². The fourth-order valence-electron chi connectivity index (χ4n) is 3.65. The first-order valence-electron chi connectivity index (χ1n) is 10.3. The van der Waals surface area contributed by atoms with Gasteiger partial charge < -0.3 is 0 Å². The van der Waals surface area contributed by atoms with E-state index in [-0.39, 0.29) is 17.6 Å². The molecule has 5 nitrogen and oxygen atoms in total. The summed E-state index contributed by atoms with van der Waals surface area (Å²) >= 11 is 24.4. The lowest BCUT2D eigenvalue weighted by Crippen LogP contribution is -2.29. The number of halogens is 7. The summed E-state index contributed by atoms with van der Waals surface area (Å²) in [5, 5.41) is 7.17. The Balaban J connectivity index is 1.62. The minimum atomic E-state index is -4.73. The average molecular weight is 597 g/mol. The van der Waals surface area contributed by atoms with Gasteiger partial charge in [0.25, 0.3) is 0 Å². The first-order valence-corrected chi connectivity index (χ1v) is 13.3. The van der Waals surface area contributed by atoms with Crippen LogP contribution in [0.15, 0.2) is 70.7 Å². The Morgan fingerprint density at radius 3 is 2.22 bits per heavy atom. The molecule has 1 aliphatic heterocycles. The van der Waals surface area contributed by atoms with Crippen molar-refractivity contribution < 1.29 is 21.6 Å². The molecule has 0 radical (unpaired) electrons. The molecule has 1 atom stereocenters. The molecule has 0 fully saturated rings. The van der Waals surface area contributed by atoms with Crippen LogP contribution in [-0.4, -0.2) is 20.7 Å². The molecule has 0 aromatic heterocycles. The summed E-state index contributed by atoms with van der Waals surface area (Å²) in [6.07, 6.45) is -4.42. The van der Waals surface area contributed by atoms with E-state index in [0.717, 1.165) is 11.6 Å². The van der Waals surface area contributed by atoms with Crippen LogP contribution in [0.5, 0.6) is 0 Å². The topological polar surface area (TPSA) is 61.8 Å². The predicted octanol–water partition coefficient (Wildman–Crippen LogP) is 7.60. The lowest BCUT2D eigenvalue weighted by molar-refractivity contribution is -0.137. The fourth-order valence-corrected chi connectivity index (χ4v) is 5.82. The van der Waals surface area contributed by atoms with E-state index >= 15 is 0 Å². The van der Waals surface area contributed by atoms with Crippen LogP contribution in [-0.2, 0) is 16.2 Å². The van der Waals surface area contributed by atoms with Crippen molar-refractivity contribution in [2.24, 2.45) is 5.10 Å². The van der Waals surface area contributed by atoms with E-state index in [9.17, 15) is 21.6 Å². The molecule has 4 rings (SSSR count). The molecule has 0 amide bonds. The standard InChI is InChI=1S/C23H16Cl4F3N3O2S/c24-15-4-1-13(2-5-15)21-11-17(32-33(21)20-8-6-16(25)10-19(20)27)12-31-36(34,35)22-9-14(23(28,29)30)3-7-18(22)26/h1-10,21,31H,11-12H2/t21-/m0/s1. The van der Waals surface area contributed by atoms with Gasteiger partial charge in [-0.3, -0.25) is 5.01 Å². The summed E-state index contributed by atoms with van der Waals surface area (Å²) < 4.78 is 67.3. The highest BCUT2D eigenvalue weighted by molar-refractivity contribution is 7.89. The summed E-state index contributed by atoms with van der Waals surface area (Å²) in [5.41, 5.74) is 0.678. The maximum atomic E-state index is 13.1. The summed E-state index contributed by atoms with van der Waals surface area (Å²) in [5.74, 6) is 0. The van der Waals surface area contributed by atoms with Gasteiger partial charge in [0.1, 0.15) is 4.90 Å². The lowest BCUT2D eigenvalue weighted by Gasteiger charge is -2.25. The van der Waals surface area contributed by atoms with Gasteiger partial charge in [0, 0.05) is 16.5 Å². The van der Waals surface area contributed by atoms with Crippen molar-refractivity contribution >= 4 is 67.8 Å². The first-order chi connectivity index (χ1) is 16.8. The Labute approximate surface area is 225 Å². The van der Waals surface area contributed by atoms with Crippen molar-refractivity contribution in [2.75, 3.05) is 11.6 Å². The first kappa shape index (κ1) is 27.0. The number of rotatable bonds is 6. The van der Waals surface area contributed by atoms with Gasteiger partial charge in [0.2, 0.25) is 10.0 Å². The van der Waals surface area contributed by atoms with Crippen LogP contribution in [0.1, 0.15) is 23.6 Å². The van der Waals surface area contributed by atoms with Crippen molar-refractivity contribution in [3.63, 3.8) is 0 Å². The second-order valence-corrected chi connectivity index (χ2v) is 11.3. The Kier molecular flexibility index (Phi) is 7.81. The molecule has 3 aromatic rings. The van der Waals surface area contributed by atoms with Crippen LogP contribution in [0.25, 0.3) is 0 Å². The number of hydrogen-bond donors (Lipinski definition) is 1. The summed E-state index contributed by atoms with van der Waals surface area (Å²) in [6.45, 7) is -0.263. The Bertz CT molecular complexity index is 1430. The zero-order valence-corrected chi connectivity index (χ0v) is 21.9. The number of hydrogen-bond acceptors (Lipinski definition) is 4. The van der Waals surface area contributed by atoms with E-state index in [4.69, 9.17) is 46.4 Å². The Morgan fingerprint density at radius 2 is 1.58 bits per heavy atom. The normalized spacial score (nSPS) is 16.4. The Hall–Kier alpha value is -2.01. The third-order valence-corrected chi connectivity index (χ3v) is 8.07. The second-order valence-electron chi connectivity index (χ2n) is 7.85. The van der Waals surface area contributed by atoms with Gasteiger partial charge in [0.05, 0.1) is 39.6 Å². The van der Waals surface area contributed by atoms with Gasteiger partial charge in [-0.05, 0) is 54.1 Å². The average Bonchev–Trinajstić information content (AvgIpc) is 3.21. The van der Waals surface area contributed by atoms with E-state index in [1.807, 2.05) is 12.1 Å². The van der Waals surface area contributed by atoms with Gasteiger partial charge >= 0.3 is 6.18 Å². The number of nitrogens with one attached hydrogen (secondary N) is 1. The third kappa shape index (κ3) is 5.93.